The molecule has 16 heavy (non-hydrogen) atoms. The molecule has 0 amide bonds. The Morgan fingerprint density at radius 3 is 2.62 bits per heavy atom. The van der Waals surface area contributed by atoms with Gasteiger partial charge >= 0.3 is 5.97 Å². The standard InChI is InChI=1S/C12H22N2O2/c1-14(8-9-3-2-4-9)10-5-6-12(13,7-10)11(15)16/h9-10H,2-8,13H2,1H3,(H,15,16). The quantitative estimate of drug-likeness (QED) is 0.752. The number of carboxylic acid groups (broad SMARTS) is 1. The van der Waals surface area contributed by atoms with Crippen molar-refractivity contribution in [3.8, 4) is 0 Å². The maximum Gasteiger partial charge on any atom is 0.323 e. The van der Waals surface area contributed by atoms with Gasteiger partial charge in [0.15, 0.2) is 0 Å². The highest BCUT2D eigenvalue weighted by atomic mass is 16.4. The van der Waals surface area contributed by atoms with Crippen molar-refractivity contribution in [1.82, 2.24) is 4.90 Å². The van der Waals surface area contributed by atoms with Crippen LogP contribution in [0.25, 0.3) is 0 Å². The third kappa shape index (κ3) is 2.23. The number of nitrogens with two attached hydrogens (primary N) is 1. The lowest BCUT2D eigenvalue weighted by atomic mass is 9.85. The number of rotatable bonds is 4. The van der Waals surface area contributed by atoms with Gasteiger partial charge in [-0.15, -0.1) is 0 Å². The Morgan fingerprint density at radius 1 is 1.50 bits per heavy atom. The minimum absolute atomic E-state index is 0.363. The fourth-order valence-corrected chi connectivity index (χ4v) is 2.85. The van der Waals surface area contributed by atoms with Crippen LogP contribution in [0.15, 0.2) is 0 Å². The van der Waals surface area contributed by atoms with E-state index in [-0.39, 0.29) is 0 Å². The summed E-state index contributed by atoms with van der Waals surface area (Å²) in [4.78, 5) is 13.4. The number of nitrogens with zero attached hydrogens (tertiary/aromatic N) is 1. The van der Waals surface area contributed by atoms with Gasteiger partial charge in [-0.3, -0.25) is 4.79 Å². The molecule has 0 aliphatic heterocycles. The van der Waals surface area contributed by atoms with E-state index in [0.717, 1.165) is 18.9 Å². The number of aliphatic carboxylic acids is 1. The van der Waals surface area contributed by atoms with E-state index in [4.69, 9.17) is 10.8 Å². The van der Waals surface area contributed by atoms with E-state index in [2.05, 4.69) is 11.9 Å². The van der Waals surface area contributed by atoms with Crippen molar-refractivity contribution in [3.63, 3.8) is 0 Å². The SMILES string of the molecule is CN(CC1CCC1)C1CCC(N)(C(=O)O)C1. The van der Waals surface area contributed by atoms with Crippen LogP contribution in [0.4, 0.5) is 0 Å². The van der Waals surface area contributed by atoms with E-state index in [1.165, 1.54) is 19.3 Å². The molecule has 2 rings (SSSR count). The monoisotopic (exact) mass is 226 g/mol. The second kappa shape index (κ2) is 4.34. The first-order valence-electron chi connectivity index (χ1n) is 6.24. The molecule has 0 aromatic rings. The fraction of sp³-hybridized carbons (Fsp3) is 0.917. The Balaban J connectivity index is 1.84. The fourth-order valence-electron chi connectivity index (χ4n) is 2.85. The summed E-state index contributed by atoms with van der Waals surface area (Å²) >= 11 is 0. The second-order valence-corrected chi connectivity index (χ2v) is 5.59. The average molecular weight is 226 g/mol. The summed E-state index contributed by atoms with van der Waals surface area (Å²) in [6.07, 6.45) is 6.17. The molecule has 0 saturated heterocycles. The van der Waals surface area contributed by atoms with E-state index in [0.29, 0.717) is 18.9 Å². The van der Waals surface area contributed by atoms with E-state index >= 15 is 0 Å². The molecule has 2 unspecified atom stereocenters. The van der Waals surface area contributed by atoms with Gasteiger partial charge < -0.3 is 15.7 Å². The van der Waals surface area contributed by atoms with Crippen LogP contribution >= 0.6 is 0 Å². The maximum absolute atomic E-state index is 11.0. The Hall–Kier alpha value is -0.610. The zero-order valence-corrected chi connectivity index (χ0v) is 9.98. The Labute approximate surface area is 96.8 Å². The molecule has 92 valence electrons. The molecule has 0 spiro atoms. The van der Waals surface area contributed by atoms with E-state index in [9.17, 15) is 4.79 Å². The molecule has 2 fully saturated rings. The minimum Gasteiger partial charge on any atom is -0.480 e. The lowest BCUT2D eigenvalue weighted by Crippen LogP contribution is -2.47. The average Bonchev–Trinajstić information content (AvgIpc) is 2.56. The first-order valence-corrected chi connectivity index (χ1v) is 6.24. The Bertz CT molecular complexity index is 278. The van der Waals surface area contributed by atoms with Crippen molar-refractivity contribution in [1.29, 1.82) is 0 Å². The van der Waals surface area contributed by atoms with Crippen LogP contribution in [-0.4, -0.2) is 41.1 Å². The summed E-state index contributed by atoms with van der Waals surface area (Å²) in [5.74, 6) is -0.00496. The van der Waals surface area contributed by atoms with Gasteiger partial charge in [0, 0.05) is 12.6 Å². The van der Waals surface area contributed by atoms with Crippen LogP contribution in [0.5, 0.6) is 0 Å². The van der Waals surface area contributed by atoms with Crippen molar-refractivity contribution >= 4 is 5.97 Å². The highest BCUT2D eigenvalue weighted by Crippen LogP contribution is 2.33. The smallest absolute Gasteiger partial charge is 0.323 e. The van der Waals surface area contributed by atoms with Crippen molar-refractivity contribution < 1.29 is 9.90 Å². The summed E-state index contributed by atoms with van der Waals surface area (Å²) in [6.45, 7) is 1.11. The van der Waals surface area contributed by atoms with Gasteiger partial charge in [0.25, 0.3) is 0 Å². The predicted molar refractivity (Wildman–Crippen MR) is 62.2 cm³/mol. The molecular weight excluding hydrogens is 204 g/mol. The molecule has 2 aliphatic carbocycles. The van der Waals surface area contributed by atoms with Gasteiger partial charge in [0.2, 0.25) is 0 Å². The van der Waals surface area contributed by atoms with Gasteiger partial charge in [0.05, 0.1) is 0 Å². The molecular formula is C12H22N2O2. The summed E-state index contributed by atoms with van der Waals surface area (Å²) in [5, 5.41) is 9.07. The molecule has 4 nitrogen and oxygen atoms in total. The van der Waals surface area contributed by atoms with E-state index in [1.807, 2.05) is 0 Å². The first-order chi connectivity index (χ1) is 7.51. The molecule has 2 atom stereocenters. The van der Waals surface area contributed by atoms with Crippen LogP contribution in [0.1, 0.15) is 38.5 Å². The third-order valence-corrected chi connectivity index (χ3v) is 4.34. The molecule has 0 radical (unpaired) electrons. The first kappa shape index (κ1) is 11.9. The van der Waals surface area contributed by atoms with Gasteiger partial charge in [-0.2, -0.15) is 0 Å². The highest BCUT2D eigenvalue weighted by molar-refractivity contribution is 5.79. The lowest BCUT2D eigenvalue weighted by molar-refractivity contribution is -0.143. The summed E-state index contributed by atoms with van der Waals surface area (Å²) in [7, 11) is 2.11. The van der Waals surface area contributed by atoms with Crippen molar-refractivity contribution in [2.75, 3.05) is 13.6 Å². The zero-order chi connectivity index (χ0) is 11.8. The highest BCUT2D eigenvalue weighted by Gasteiger charge is 2.43. The lowest BCUT2D eigenvalue weighted by Gasteiger charge is -2.33. The largest absolute Gasteiger partial charge is 0.480 e. The Kier molecular flexibility index (Phi) is 3.22. The second-order valence-electron chi connectivity index (χ2n) is 5.59. The number of carbonyl (C=O) groups is 1. The topological polar surface area (TPSA) is 66.6 Å². The normalized spacial score (nSPS) is 35.3. The third-order valence-electron chi connectivity index (χ3n) is 4.34. The van der Waals surface area contributed by atoms with Gasteiger partial charge in [-0.25, -0.2) is 0 Å². The summed E-state index contributed by atoms with van der Waals surface area (Å²) in [5.41, 5.74) is 4.91. The Morgan fingerprint density at radius 2 is 2.19 bits per heavy atom. The predicted octanol–water partition coefficient (Wildman–Crippen LogP) is 1.05. The molecule has 0 bridgehead atoms. The molecule has 0 aromatic carbocycles. The van der Waals surface area contributed by atoms with Crippen molar-refractivity contribution in [2.45, 2.75) is 50.1 Å². The number of hydrogen-bond donors (Lipinski definition) is 2. The molecule has 0 heterocycles. The molecule has 2 aliphatic rings. The van der Waals surface area contributed by atoms with Gasteiger partial charge in [-0.1, -0.05) is 6.42 Å². The van der Waals surface area contributed by atoms with Gasteiger partial charge in [0.1, 0.15) is 5.54 Å². The molecule has 3 N–H and O–H groups in total. The molecule has 2 saturated carbocycles. The van der Waals surface area contributed by atoms with E-state index in [1.54, 1.807) is 0 Å². The summed E-state index contributed by atoms with van der Waals surface area (Å²) in [6, 6.07) is 0.363. The molecule has 0 aromatic heterocycles. The van der Waals surface area contributed by atoms with Crippen LogP contribution < -0.4 is 5.73 Å². The zero-order valence-electron chi connectivity index (χ0n) is 9.98. The van der Waals surface area contributed by atoms with Crippen LogP contribution in [0.3, 0.4) is 0 Å². The van der Waals surface area contributed by atoms with Crippen LogP contribution in [-0.2, 0) is 4.79 Å². The van der Waals surface area contributed by atoms with Gasteiger partial charge in [-0.05, 0) is 45.1 Å². The summed E-state index contributed by atoms with van der Waals surface area (Å²) < 4.78 is 0. The molecule has 4 heteroatoms. The van der Waals surface area contributed by atoms with Crippen molar-refractivity contribution in [2.24, 2.45) is 11.7 Å². The minimum atomic E-state index is -0.974. The maximum atomic E-state index is 11.0. The van der Waals surface area contributed by atoms with Crippen molar-refractivity contribution in [3.05, 3.63) is 0 Å². The van der Waals surface area contributed by atoms with Crippen LogP contribution in [0.2, 0.25) is 0 Å². The number of carboxylic acids is 1. The van der Waals surface area contributed by atoms with E-state index < -0.39 is 11.5 Å². The van der Waals surface area contributed by atoms with Crippen LogP contribution in [0, 0.1) is 5.92 Å². The number of hydrogen-bond acceptors (Lipinski definition) is 3.